The van der Waals surface area contributed by atoms with Crippen LogP contribution in [0, 0.1) is 40.4 Å². The zero-order chi connectivity index (χ0) is 19.7. The highest BCUT2D eigenvalue weighted by Crippen LogP contribution is 2.67. The van der Waals surface area contributed by atoms with Crippen LogP contribution in [0.3, 0.4) is 0 Å². The van der Waals surface area contributed by atoms with E-state index in [2.05, 4.69) is 33.8 Å². The largest absolute Gasteiger partial charge is 0.393 e. The highest BCUT2D eigenvalue weighted by atomic mass is 16.3. The predicted molar refractivity (Wildman–Crippen MR) is 116 cm³/mol. The fraction of sp³-hybridized carbons (Fsp3) is 0.885. The van der Waals surface area contributed by atoms with E-state index in [1.165, 1.54) is 57.1 Å². The number of aliphatic imine (C=N–C) groups is 1. The fourth-order valence-corrected chi connectivity index (χ4v) is 8.96. The molecule has 3 saturated carbocycles. The zero-order valence-corrected chi connectivity index (χ0v) is 18.6. The Kier molecular flexibility index (Phi) is 4.62. The minimum atomic E-state index is -0.0862. The first-order valence-corrected chi connectivity index (χ1v) is 12.2. The van der Waals surface area contributed by atoms with Gasteiger partial charge in [-0.3, -0.25) is 4.99 Å². The topological polar surface area (TPSA) is 32.6 Å². The van der Waals surface area contributed by atoms with Crippen LogP contribution in [0.25, 0.3) is 0 Å². The van der Waals surface area contributed by atoms with Gasteiger partial charge in [0.2, 0.25) is 0 Å². The first-order valence-electron chi connectivity index (χ1n) is 12.2. The lowest BCUT2D eigenvalue weighted by Crippen LogP contribution is -2.51. The molecule has 1 N–H and O–H groups in total. The molecule has 156 valence electrons. The molecule has 0 aromatic carbocycles. The van der Waals surface area contributed by atoms with Crippen molar-refractivity contribution >= 4 is 5.71 Å². The summed E-state index contributed by atoms with van der Waals surface area (Å²) in [5.74, 6) is 4.27. The molecule has 0 amide bonds. The molecule has 0 aromatic heterocycles. The molecule has 0 spiro atoms. The lowest BCUT2D eigenvalue weighted by Gasteiger charge is -2.58. The minimum absolute atomic E-state index is 0.0862. The Morgan fingerprint density at radius 1 is 1.07 bits per heavy atom. The molecule has 0 bridgehead atoms. The van der Waals surface area contributed by atoms with Gasteiger partial charge in [0, 0.05) is 5.71 Å². The van der Waals surface area contributed by atoms with E-state index in [9.17, 15) is 5.11 Å². The van der Waals surface area contributed by atoms with E-state index < -0.39 is 0 Å². The highest BCUT2D eigenvalue weighted by Gasteiger charge is 2.59. The third-order valence-electron chi connectivity index (χ3n) is 10.6. The molecule has 0 saturated heterocycles. The van der Waals surface area contributed by atoms with Crippen molar-refractivity contribution in [2.45, 2.75) is 104 Å². The van der Waals surface area contributed by atoms with Gasteiger partial charge in [-0.2, -0.15) is 0 Å². The van der Waals surface area contributed by atoms with Crippen LogP contribution in [0.2, 0.25) is 0 Å². The number of aliphatic hydroxyl groups is 1. The Morgan fingerprint density at radius 2 is 1.89 bits per heavy atom. The van der Waals surface area contributed by atoms with Gasteiger partial charge in [0.1, 0.15) is 0 Å². The van der Waals surface area contributed by atoms with E-state index in [0.717, 1.165) is 42.4 Å². The Bertz CT molecular complexity index is 695. The normalized spacial score (nSPS) is 51.6. The van der Waals surface area contributed by atoms with Crippen molar-refractivity contribution in [1.82, 2.24) is 0 Å². The van der Waals surface area contributed by atoms with E-state index in [-0.39, 0.29) is 6.10 Å². The van der Waals surface area contributed by atoms with Crippen LogP contribution in [0.4, 0.5) is 0 Å². The lowest BCUT2D eigenvalue weighted by atomic mass is 9.47. The van der Waals surface area contributed by atoms with Crippen molar-refractivity contribution in [1.29, 1.82) is 0 Å². The van der Waals surface area contributed by atoms with Crippen LogP contribution in [-0.2, 0) is 0 Å². The van der Waals surface area contributed by atoms with Gasteiger partial charge in [-0.05, 0) is 112 Å². The number of allylic oxidation sites excluding steroid dienone is 1. The van der Waals surface area contributed by atoms with Crippen LogP contribution >= 0.6 is 0 Å². The molecule has 0 aromatic rings. The van der Waals surface area contributed by atoms with Crippen molar-refractivity contribution in [2.24, 2.45) is 45.4 Å². The molecular weight excluding hydrogens is 342 g/mol. The standard InChI is InChI=1S/C26H41NO/c1-16-5-10-24(27-16)17(2)21-8-9-22-20-7-6-18-15-19(28)11-13-25(18,3)23(20)12-14-26(21,22)4/h6,17,19-24,28H,5,7-15H2,1-4H3/t17?,19-,20-,21+,22-,23-,24?,25-,26+/m0/s1. The van der Waals surface area contributed by atoms with Crippen molar-refractivity contribution in [2.75, 3.05) is 0 Å². The number of nitrogens with zero attached hydrogens (tertiary/aromatic N) is 1. The Hall–Kier alpha value is -0.630. The Labute approximate surface area is 172 Å². The summed E-state index contributed by atoms with van der Waals surface area (Å²) in [7, 11) is 0. The van der Waals surface area contributed by atoms with Gasteiger partial charge in [0.25, 0.3) is 0 Å². The molecule has 3 fully saturated rings. The van der Waals surface area contributed by atoms with E-state index >= 15 is 0 Å². The number of hydrogen-bond acceptors (Lipinski definition) is 2. The third kappa shape index (κ3) is 2.72. The molecule has 28 heavy (non-hydrogen) atoms. The Balaban J connectivity index is 1.40. The van der Waals surface area contributed by atoms with Crippen molar-refractivity contribution in [3.8, 4) is 0 Å². The van der Waals surface area contributed by atoms with Gasteiger partial charge in [0.15, 0.2) is 0 Å². The average Bonchev–Trinajstić information content (AvgIpc) is 3.25. The molecule has 2 unspecified atom stereocenters. The molecule has 5 aliphatic rings. The van der Waals surface area contributed by atoms with Gasteiger partial charge in [0.05, 0.1) is 12.1 Å². The molecular formula is C26H41NO. The summed E-state index contributed by atoms with van der Waals surface area (Å²) in [6.07, 6.45) is 15.2. The third-order valence-corrected chi connectivity index (χ3v) is 10.6. The Morgan fingerprint density at radius 3 is 2.64 bits per heavy atom. The SMILES string of the molecule is CC1=NC(C(C)[C@H]2CC[C@H]3[C@@H]4CC=C5C[C@@H](O)CC[C@]5(C)[C@H]4CC[C@]23C)CC1. The van der Waals surface area contributed by atoms with Gasteiger partial charge in [-0.1, -0.05) is 32.4 Å². The fourth-order valence-electron chi connectivity index (χ4n) is 8.96. The molecule has 1 aliphatic heterocycles. The summed E-state index contributed by atoms with van der Waals surface area (Å²) in [6, 6.07) is 0.591. The molecule has 5 rings (SSSR count). The second-order valence-corrected chi connectivity index (χ2v) is 11.7. The molecule has 2 heteroatoms. The summed E-state index contributed by atoms with van der Waals surface area (Å²) in [5, 5.41) is 10.2. The quantitative estimate of drug-likeness (QED) is 0.567. The molecule has 1 heterocycles. The summed E-state index contributed by atoms with van der Waals surface area (Å²) in [6.45, 7) is 9.97. The number of hydrogen-bond donors (Lipinski definition) is 1. The van der Waals surface area contributed by atoms with Crippen molar-refractivity contribution in [3.63, 3.8) is 0 Å². The first-order chi connectivity index (χ1) is 13.3. The number of rotatable bonds is 2. The second kappa shape index (κ2) is 6.69. The molecule has 2 nitrogen and oxygen atoms in total. The van der Waals surface area contributed by atoms with E-state index in [0.29, 0.717) is 16.9 Å². The van der Waals surface area contributed by atoms with Crippen LogP contribution < -0.4 is 0 Å². The van der Waals surface area contributed by atoms with E-state index in [4.69, 9.17) is 4.99 Å². The predicted octanol–water partition coefficient (Wildman–Crippen LogP) is 6.19. The maximum absolute atomic E-state index is 10.2. The van der Waals surface area contributed by atoms with Gasteiger partial charge in [-0.15, -0.1) is 0 Å². The lowest BCUT2D eigenvalue weighted by molar-refractivity contribution is -0.0581. The second-order valence-electron chi connectivity index (χ2n) is 11.7. The van der Waals surface area contributed by atoms with Gasteiger partial charge >= 0.3 is 0 Å². The summed E-state index contributed by atoms with van der Waals surface area (Å²) >= 11 is 0. The molecule has 9 atom stereocenters. The summed E-state index contributed by atoms with van der Waals surface area (Å²) in [4.78, 5) is 5.04. The maximum Gasteiger partial charge on any atom is 0.0577 e. The number of fused-ring (bicyclic) bond motifs is 5. The first kappa shape index (κ1) is 19.3. The maximum atomic E-state index is 10.2. The monoisotopic (exact) mass is 383 g/mol. The average molecular weight is 384 g/mol. The summed E-state index contributed by atoms with van der Waals surface area (Å²) in [5.41, 5.74) is 3.90. The van der Waals surface area contributed by atoms with Crippen LogP contribution in [0.1, 0.15) is 91.9 Å². The van der Waals surface area contributed by atoms with E-state index in [1.54, 1.807) is 5.57 Å². The zero-order valence-electron chi connectivity index (χ0n) is 18.6. The minimum Gasteiger partial charge on any atom is -0.393 e. The van der Waals surface area contributed by atoms with Gasteiger partial charge in [-0.25, -0.2) is 0 Å². The molecule has 4 aliphatic carbocycles. The smallest absolute Gasteiger partial charge is 0.0577 e. The van der Waals surface area contributed by atoms with Gasteiger partial charge < -0.3 is 5.11 Å². The van der Waals surface area contributed by atoms with Crippen LogP contribution in [-0.4, -0.2) is 23.0 Å². The van der Waals surface area contributed by atoms with Crippen LogP contribution in [0.5, 0.6) is 0 Å². The highest BCUT2D eigenvalue weighted by molar-refractivity contribution is 5.83. The molecule has 0 radical (unpaired) electrons. The summed E-state index contributed by atoms with van der Waals surface area (Å²) < 4.78 is 0. The van der Waals surface area contributed by atoms with Crippen LogP contribution in [0.15, 0.2) is 16.6 Å². The van der Waals surface area contributed by atoms with Crippen molar-refractivity contribution < 1.29 is 5.11 Å². The van der Waals surface area contributed by atoms with Crippen molar-refractivity contribution in [3.05, 3.63) is 11.6 Å². The van der Waals surface area contributed by atoms with E-state index in [1.807, 2.05) is 0 Å². The number of aliphatic hydroxyl groups excluding tert-OH is 1.